The number of ether oxygens (including phenoxy) is 2. The molecule has 2 nitrogen and oxygen atoms in total. The average Bonchev–Trinajstić information content (AvgIpc) is 2.07. The van der Waals surface area contributed by atoms with Crippen molar-refractivity contribution < 1.29 is 18.3 Å². The number of rotatable bonds is 2. The summed E-state index contributed by atoms with van der Waals surface area (Å²) in [6, 6.07) is 3.47. The smallest absolute Gasteiger partial charge is 0.142 e. The Labute approximate surface area is 80.4 Å². The third-order valence-corrected chi connectivity index (χ3v) is 2.48. The molecule has 1 aliphatic heterocycles. The van der Waals surface area contributed by atoms with Gasteiger partial charge >= 0.3 is 0 Å². The van der Waals surface area contributed by atoms with E-state index in [0.717, 1.165) is 6.07 Å². The van der Waals surface area contributed by atoms with Crippen LogP contribution in [0.2, 0.25) is 0 Å². The monoisotopic (exact) mass is 200 g/mol. The first-order chi connectivity index (χ1) is 6.68. The Morgan fingerprint density at radius 3 is 2.50 bits per heavy atom. The summed E-state index contributed by atoms with van der Waals surface area (Å²) in [6.07, 6.45) is 0. The normalized spacial score (nSPS) is 19.1. The van der Waals surface area contributed by atoms with E-state index in [4.69, 9.17) is 9.47 Å². The van der Waals surface area contributed by atoms with Crippen LogP contribution in [-0.4, -0.2) is 20.3 Å². The molecule has 4 heteroatoms. The van der Waals surface area contributed by atoms with Gasteiger partial charge in [-0.05, 0) is 6.07 Å². The molecule has 1 aromatic rings. The van der Waals surface area contributed by atoms with Gasteiger partial charge in [0.25, 0.3) is 0 Å². The Hall–Kier alpha value is -1.00. The molecule has 0 bridgehead atoms. The Morgan fingerprint density at radius 1 is 1.36 bits per heavy atom. The van der Waals surface area contributed by atoms with Gasteiger partial charge in [-0.1, -0.05) is 6.07 Å². The average molecular weight is 200 g/mol. The summed E-state index contributed by atoms with van der Waals surface area (Å²) >= 11 is 0. The van der Waals surface area contributed by atoms with Crippen LogP contribution in [0.5, 0.6) is 0 Å². The lowest BCUT2D eigenvalue weighted by Gasteiger charge is -2.40. The number of halogens is 2. The molecule has 0 N–H and O–H groups in total. The Kier molecular flexibility index (Phi) is 2.25. The molecule has 0 unspecified atom stereocenters. The minimum atomic E-state index is -0.724. The van der Waals surface area contributed by atoms with Crippen molar-refractivity contribution in [2.24, 2.45) is 0 Å². The molecule has 1 fully saturated rings. The van der Waals surface area contributed by atoms with Crippen molar-refractivity contribution in [2.75, 3.05) is 20.3 Å². The molecule has 14 heavy (non-hydrogen) atoms. The van der Waals surface area contributed by atoms with E-state index in [9.17, 15) is 8.78 Å². The second-order valence-corrected chi connectivity index (χ2v) is 3.32. The molecule has 0 saturated carbocycles. The van der Waals surface area contributed by atoms with Crippen molar-refractivity contribution in [1.82, 2.24) is 0 Å². The molecular formula is C10H10F2O2. The van der Waals surface area contributed by atoms with Crippen LogP contribution in [0.1, 0.15) is 5.56 Å². The standard InChI is InChI=1S/C10H10F2O2/c1-13-10(5-14-6-10)8-3-2-7(11)4-9(8)12/h2-4H,5-6H2,1H3. The molecule has 0 radical (unpaired) electrons. The lowest BCUT2D eigenvalue weighted by molar-refractivity contribution is -0.204. The molecule has 0 aliphatic carbocycles. The zero-order valence-electron chi connectivity index (χ0n) is 7.72. The molecule has 0 amide bonds. The lowest BCUT2D eigenvalue weighted by Crippen LogP contribution is -2.48. The maximum absolute atomic E-state index is 13.4. The van der Waals surface area contributed by atoms with Crippen LogP contribution in [-0.2, 0) is 15.1 Å². The highest BCUT2D eigenvalue weighted by Crippen LogP contribution is 2.34. The first-order valence-corrected chi connectivity index (χ1v) is 4.26. The van der Waals surface area contributed by atoms with Gasteiger partial charge in [-0.3, -0.25) is 0 Å². The molecule has 76 valence electrons. The summed E-state index contributed by atoms with van der Waals surface area (Å²) in [5, 5.41) is 0. The van der Waals surface area contributed by atoms with Gasteiger partial charge in [-0.15, -0.1) is 0 Å². The summed E-state index contributed by atoms with van der Waals surface area (Å²) in [7, 11) is 1.49. The third-order valence-electron chi connectivity index (χ3n) is 2.48. The van der Waals surface area contributed by atoms with E-state index >= 15 is 0 Å². The lowest BCUT2D eigenvalue weighted by atomic mass is 9.91. The fraction of sp³-hybridized carbons (Fsp3) is 0.400. The highest BCUT2D eigenvalue weighted by atomic mass is 19.1. The predicted molar refractivity (Wildman–Crippen MR) is 45.9 cm³/mol. The van der Waals surface area contributed by atoms with Gasteiger partial charge in [0.2, 0.25) is 0 Å². The van der Waals surface area contributed by atoms with Crippen LogP contribution >= 0.6 is 0 Å². The van der Waals surface area contributed by atoms with Gasteiger partial charge in [-0.2, -0.15) is 0 Å². The first kappa shape index (κ1) is 9.55. The molecule has 0 atom stereocenters. The minimum absolute atomic E-state index is 0.312. The Bertz CT molecular complexity index is 342. The summed E-state index contributed by atoms with van der Waals surface area (Å²) in [5.41, 5.74) is -0.370. The topological polar surface area (TPSA) is 18.5 Å². The summed E-state index contributed by atoms with van der Waals surface area (Å²) < 4.78 is 36.2. The molecule has 2 rings (SSSR count). The highest BCUT2D eigenvalue weighted by molar-refractivity contribution is 5.27. The molecule has 0 spiro atoms. The zero-order valence-corrected chi connectivity index (χ0v) is 7.72. The van der Waals surface area contributed by atoms with Crippen molar-refractivity contribution in [1.29, 1.82) is 0 Å². The maximum Gasteiger partial charge on any atom is 0.142 e. The van der Waals surface area contributed by atoms with Crippen molar-refractivity contribution >= 4 is 0 Å². The van der Waals surface area contributed by atoms with Crippen LogP contribution in [0.15, 0.2) is 18.2 Å². The summed E-state index contributed by atoms with van der Waals surface area (Å²) in [4.78, 5) is 0. The van der Waals surface area contributed by atoms with E-state index in [1.54, 1.807) is 0 Å². The molecule has 1 aliphatic rings. The van der Waals surface area contributed by atoms with Crippen LogP contribution < -0.4 is 0 Å². The van der Waals surface area contributed by atoms with Crippen LogP contribution in [0.4, 0.5) is 8.78 Å². The van der Waals surface area contributed by atoms with Gasteiger partial charge in [0.15, 0.2) is 0 Å². The van der Waals surface area contributed by atoms with Gasteiger partial charge in [0.05, 0.1) is 13.2 Å². The summed E-state index contributed by atoms with van der Waals surface area (Å²) in [5.74, 6) is -1.17. The molecular weight excluding hydrogens is 190 g/mol. The Morgan fingerprint density at radius 2 is 2.07 bits per heavy atom. The zero-order chi connectivity index (χ0) is 10.2. The quantitative estimate of drug-likeness (QED) is 0.725. The number of hydrogen-bond acceptors (Lipinski definition) is 2. The van der Waals surface area contributed by atoms with Gasteiger partial charge in [0, 0.05) is 18.7 Å². The SMILES string of the molecule is COC1(c2ccc(F)cc2F)COC1. The minimum Gasteiger partial charge on any atom is -0.375 e. The van der Waals surface area contributed by atoms with E-state index in [2.05, 4.69) is 0 Å². The fourth-order valence-corrected chi connectivity index (χ4v) is 1.53. The highest BCUT2D eigenvalue weighted by Gasteiger charge is 2.42. The second-order valence-electron chi connectivity index (χ2n) is 3.32. The van der Waals surface area contributed by atoms with E-state index in [1.807, 2.05) is 0 Å². The number of hydrogen-bond donors (Lipinski definition) is 0. The molecule has 0 aromatic heterocycles. The van der Waals surface area contributed by atoms with Crippen molar-refractivity contribution in [3.8, 4) is 0 Å². The van der Waals surface area contributed by atoms with Crippen molar-refractivity contribution in [3.05, 3.63) is 35.4 Å². The van der Waals surface area contributed by atoms with Crippen LogP contribution in [0, 0.1) is 11.6 Å². The first-order valence-electron chi connectivity index (χ1n) is 4.26. The molecule has 1 heterocycles. The van der Waals surface area contributed by atoms with E-state index in [1.165, 1.54) is 19.2 Å². The van der Waals surface area contributed by atoms with E-state index < -0.39 is 17.2 Å². The molecule has 1 aromatic carbocycles. The third kappa shape index (κ3) is 1.31. The fourth-order valence-electron chi connectivity index (χ4n) is 1.53. The van der Waals surface area contributed by atoms with Crippen molar-refractivity contribution in [3.63, 3.8) is 0 Å². The van der Waals surface area contributed by atoms with E-state index in [-0.39, 0.29) is 0 Å². The van der Waals surface area contributed by atoms with E-state index in [0.29, 0.717) is 18.8 Å². The van der Waals surface area contributed by atoms with Crippen LogP contribution in [0.25, 0.3) is 0 Å². The van der Waals surface area contributed by atoms with Crippen LogP contribution in [0.3, 0.4) is 0 Å². The largest absolute Gasteiger partial charge is 0.375 e. The predicted octanol–water partition coefficient (Wildman–Crippen LogP) is 1.84. The maximum atomic E-state index is 13.4. The second kappa shape index (κ2) is 3.29. The van der Waals surface area contributed by atoms with Gasteiger partial charge < -0.3 is 9.47 Å². The van der Waals surface area contributed by atoms with Crippen molar-refractivity contribution in [2.45, 2.75) is 5.60 Å². The Balaban J connectivity index is 2.40. The van der Waals surface area contributed by atoms with Gasteiger partial charge in [-0.25, -0.2) is 8.78 Å². The van der Waals surface area contributed by atoms with Gasteiger partial charge in [0.1, 0.15) is 17.2 Å². The number of methoxy groups -OCH3 is 1. The number of benzene rings is 1. The molecule has 1 saturated heterocycles. The summed E-state index contributed by atoms with van der Waals surface area (Å²) in [6.45, 7) is 0.623.